The van der Waals surface area contributed by atoms with Crippen LogP contribution in [0.3, 0.4) is 0 Å². The highest BCUT2D eigenvalue weighted by Crippen LogP contribution is 2.25. The lowest BCUT2D eigenvalue weighted by atomic mass is 9.89. The van der Waals surface area contributed by atoms with E-state index in [2.05, 4.69) is 51.4 Å². The van der Waals surface area contributed by atoms with Crippen LogP contribution in [0.5, 0.6) is 0 Å². The van der Waals surface area contributed by atoms with E-state index in [1.165, 1.54) is 36.8 Å². The molecule has 24 heavy (non-hydrogen) atoms. The summed E-state index contributed by atoms with van der Waals surface area (Å²) in [6.45, 7) is 3.09. The smallest absolute Gasteiger partial charge is 0.229 e. The molecule has 130 valence electrons. The summed E-state index contributed by atoms with van der Waals surface area (Å²) in [7, 11) is 1.31. The van der Waals surface area contributed by atoms with E-state index < -0.39 is 9.05 Å². The van der Waals surface area contributed by atoms with Gasteiger partial charge < -0.3 is 4.57 Å². The molecule has 0 bridgehead atoms. The number of allylic oxidation sites excluding steroid dienone is 2. The quantitative estimate of drug-likeness (QED) is 0.770. The van der Waals surface area contributed by atoms with Gasteiger partial charge in [-0.3, -0.25) is 0 Å². The van der Waals surface area contributed by atoms with Crippen molar-refractivity contribution in [1.29, 1.82) is 0 Å². The second-order valence-electron chi connectivity index (χ2n) is 6.02. The van der Waals surface area contributed by atoms with Crippen molar-refractivity contribution in [2.24, 2.45) is 0 Å². The minimum absolute atomic E-state index is 0.892. The molecular weight excluding hydrogens is 344 g/mol. The van der Waals surface area contributed by atoms with Crippen molar-refractivity contribution in [3.63, 3.8) is 0 Å². The number of hydrogen-bond acceptors (Lipinski definition) is 3. The van der Waals surface area contributed by atoms with E-state index in [0.29, 0.717) is 0 Å². The van der Waals surface area contributed by atoms with Gasteiger partial charge >= 0.3 is 0 Å². The van der Waals surface area contributed by atoms with Gasteiger partial charge in [-0.15, -0.1) is 0 Å². The summed E-state index contributed by atoms with van der Waals surface area (Å²) in [6, 6.07) is 6.97. The fourth-order valence-corrected chi connectivity index (χ4v) is 2.73. The van der Waals surface area contributed by atoms with Gasteiger partial charge in [-0.25, -0.2) is 13.4 Å². The molecule has 0 saturated carbocycles. The first-order valence-electron chi connectivity index (χ1n) is 7.97. The maximum Gasteiger partial charge on any atom is 0.229 e. The average molecular weight is 367 g/mol. The molecule has 2 aromatic rings. The Kier molecular flexibility index (Phi) is 6.63. The Bertz CT molecular complexity index is 788. The van der Waals surface area contributed by atoms with Gasteiger partial charge in [-0.1, -0.05) is 24.3 Å². The number of aromatic nitrogens is 2. The van der Waals surface area contributed by atoms with Gasteiger partial charge in [0, 0.05) is 29.6 Å². The summed E-state index contributed by atoms with van der Waals surface area (Å²) in [5.41, 5.74) is 5.82. The second-order valence-corrected chi connectivity index (χ2v) is 9.06. The van der Waals surface area contributed by atoms with Crippen LogP contribution in [0.2, 0.25) is 0 Å². The fraction of sp³-hybridized carbons (Fsp3) is 0.389. The number of nitrogens with zero attached hydrogens (tertiary/aromatic N) is 2. The third-order valence-corrected chi connectivity index (χ3v) is 3.97. The first-order chi connectivity index (χ1) is 11.3. The molecule has 0 unspecified atom stereocenters. The standard InChI is InChI=1S/C17H20N2.CH3ClO2S/c1-14(8-10-19-11-9-18-13-19)16-7-6-15-4-2-3-5-17(15)12-16;1-5(2,3)4/h6-9,11-13H,2-5,10H2,1H3;1H3/b14-8+;. The molecule has 0 radical (unpaired) electrons. The molecule has 0 aliphatic heterocycles. The maximum atomic E-state index is 9.40. The van der Waals surface area contributed by atoms with Crippen molar-refractivity contribution in [2.75, 3.05) is 6.26 Å². The van der Waals surface area contributed by atoms with Gasteiger partial charge in [0.05, 0.1) is 12.6 Å². The number of benzene rings is 1. The zero-order valence-electron chi connectivity index (χ0n) is 14.1. The van der Waals surface area contributed by atoms with E-state index >= 15 is 0 Å². The number of aryl methyl sites for hydroxylation is 2. The molecular formula is C18H23ClN2O2S. The van der Waals surface area contributed by atoms with E-state index in [0.717, 1.165) is 12.8 Å². The molecule has 1 aromatic carbocycles. The van der Waals surface area contributed by atoms with Crippen LogP contribution in [0.4, 0.5) is 0 Å². The summed E-state index contributed by atoms with van der Waals surface area (Å²) in [5.74, 6) is 0. The van der Waals surface area contributed by atoms with E-state index in [-0.39, 0.29) is 0 Å². The van der Waals surface area contributed by atoms with E-state index in [4.69, 9.17) is 0 Å². The molecule has 0 amide bonds. The van der Waals surface area contributed by atoms with Crippen molar-refractivity contribution in [3.05, 3.63) is 59.7 Å². The average Bonchev–Trinajstić information content (AvgIpc) is 3.04. The number of rotatable bonds is 3. The summed E-state index contributed by atoms with van der Waals surface area (Å²) in [6.07, 6.45) is 14.1. The lowest BCUT2D eigenvalue weighted by Crippen LogP contribution is -2.02. The van der Waals surface area contributed by atoms with Crippen LogP contribution in [0.1, 0.15) is 36.5 Å². The second kappa shape index (κ2) is 8.49. The number of hydrogen-bond donors (Lipinski definition) is 0. The minimum atomic E-state index is -3.19. The molecule has 0 N–H and O–H groups in total. The van der Waals surface area contributed by atoms with Crippen LogP contribution >= 0.6 is 10.7 Å². The topological polar surface area (TPSA) is 52.0 Å². The van der Waals surface area contributed by atoms with Gasteiger partial charge in [-0.2, -0.15) is 0 Å². The molecule has 0 atom stereocenters. The Morgan fingerprint density at radius 3 is 2.58 bits per heavy atom. The molecule has 0 spiro atoms. The maximum absolute atomic E-state index is 9.40. The van der Waals surface area contributed by atoms with Crippen LogP contribution in [-0.2, 0) is 28.4 Å². The Morgan fingerprint density at radius 1 is 1.29 bits per heavy atom. The Balaban J connectivity index is 0.000000368. The largest absolute Gasteiger partial charge is 0.334 e. The molecule has 6 heteroatoms. The number of imidazole rings is 1. The number of halogens is 1. The van der Waals surface area contributed by atoms with Crippen LogP contribution < -0.4 is 0 Å². The molecule has 4 nitrogen and oxygen atoms in total. The van der Waals surface area contributed by atoms with Crippen molar-refractivity contribution < 1.29 is 8.42 Å². The summed E-state index contributed by atoms with van der Waals surface area (Å²) < 4.78 is 20.9. The van der Waals surface area contributed by atoms with E-state index in [1.807, 2.05) is 18.7 Å². The zero-order chi connectivity index (χ0) is 17.6. The highest BCUT2D eigenvalue weighted by atomic mass is 35.7. The molecule has 0 saturated heterocycles. The Morgan fingerprint density at radius 2 is 1.96 bits per heavy atom. The highest BCUT2D eigenvalue weighted by Gasteiger charge is 2.09. The SMILES string of the molecule is C/C(=C\Cn1ccnc1)c1ccc2c(c1)CCCC2.CS(=O)(=O)Cl. The van der Waals surface area contributed by atoms with Gasteiger partial charge in [0.15, 0.2) is 0 Å². The third-order valence-electron chi connectivity index (χ3n) is 3.97. The van der Waals surface area contributed by atoms with Gasteiger partial charge in [-0.05, 0) is 54.9 Å². The molecule has 1 aliphatic carbocycles. The van der Waals surface area contributed by atoms with Crippen LogP contribution in [-0.4, -0.2) is 24.2 Å². The lowest BCUT2D eigenvalue weighted by Gasteiger charge is -2.16. The van der Waals surface area contributed by atoms with Gasteiger partial charge in [0.1, 0.15) is 0 Å². The molecule has 3 rings (SSSR count). The van der Waals surface area contributed by atoms with Crippen molar-refractivity contribution in [1.82, 2.24) is 9.55 Å². The number of fused-ring (bicyclic) bond motifs is 1. The minimum Gasteiger partial charge on any atom is -0.334 e. The monoisotopic (exact) mass is 366 g/mol. The lowest BCUT2D eigenvalue weighted by molar-refractivity contribution is 0.615. The van der Waals surface area contributed by atoms with Crippen molar-refractivity contribution in [3.8, 4) is 0 Å². The summed E-state index contributed by atoms with van der Waals surface area (Å²) in [5, 5.41) is 0. The Hall–Kier alpha value is -1.59. The predicted molar refractivity (Wildman–Crippen MR) is 99.7 cm³/mol. The zero-order valence-corrected chi connectivity index (χ0v) is 15.6. The molecule has 1 aliphatic rings. The molecule has 1 aromatic heterocycles. The van der Waals surface area contributed by atoms with Crippen molar-refractivity contribution >= 4 is 25.3 Å². The van der Waals surface area contributed by atoms with Gasteiger partial charge in [0.25, 0.3) is 0 Å². The first-order valence-corrected chi connectivity index (χ1v) is 10.7. The fourth-order valence-electron chi connectivity index (χ4n) is 2.73. The van der Waals surface area contributed by atoms with Crippen LogP contribution in [0, 0.1) is 0 Å². The summed E-state index contributed by atoms with van der Waals surface area (Å²) in [4.78, 5) is 4.06. The van der Waals surface area contributed by atoms with Crippen LogP contribution in [0.25, 0.3) is 5.57 Å². The first kappa shape index (κ1) is 18.7. The van der Waals surface area contributed by atoms with Gasteiger partial charge in [0.2, 0.25) is 9.05 Å². The van der Waals surface area contributed by atoms with E-state index in [9.17, 15) is 8.42 Å². The summed E-state index contributed by atoms with van der Waals surface area (Å²) >= 11 is 0. The molecule has 0 fully saturated rings. The predicted octanol–water partition coefficient (Wildman–Crippen LogP) is 4.05. The Labute approximate surface area is 148 Å². The molecule has 1 heterocycles. The normalized spacial score (nSPS) is 14.5. The van der Waals surface area contributed by atoms with Crippen molar-refractivity contribution in [2.45, 2.75) is 39.2 Å². The third kappa shape index (κ3) is 6.49. The highest BCUT2D eigenvalue weighted by molar-refractivity contribution is 8.13. The van der Waals surface area contributed by atoms with E-state index in [1.54, 1.807) is 11.1 Å². The van der Waals surface area contributed by atoms with Crippen LogP contribution in [0.15, 0.2) is 43.0 Å².